The van der Waals surface area contributed by atoms with Crippen molar-refractivity contribution in [2.24, 2.45) is 0 Å². The van der Waals surface area contributed by atoms with Crippen molar-refractivity contribution in [3.8, 4) is 0 Å². The SMILES string of the molecule is CCc1ccc(C(=O)CSc2nc3ccc([N+](=O)[O-])cc3s2)cc1. The second kappa shape index (κ2) is 7.11. The molecule has 24 heavy (non-hydrogen) atoms. The first-order valence-electron chi connectivity index (χ1n) is 7.36. The second-order valence-corrected chi connectivity index (χ2v) is 7.40. The average molecular weight is 358 g/mol. The number of carbonyl (C=O) groups is 1. The van der Waals surface area contributed by atoms with E-state index < -0.39 is 4.92 Å². The minimum Gasteiger partial charge on any atom is -0.293 e. The summed E-state index contributed by atoms with van der Waals surface area (Å²) >= 11 is 2.73. The Labute approximate surface area is 146 Å². The maximum Gasteiger partial charge on any atom is 0.270 e. The standard InChI is InChI=1S/C17H14N2O3S2/c1-2-11-3-5-12(6-4-11)15(20)10-23-17-18-14-8-7-13(19(21)22)9-16(14)24-17/h3-9H,2,10H2,1H3. The summed E-state index contributed by atoms with van der Waals surface area (Å²) in [6.45, 7) is 2.07. The minimum atomic E-state index is -0.421. The van der Waals surface area contributed by atoms with Crippen molar-refractivity contribution >= 4 is 44.8 Å². The molecule has 0 radical (unpaired) electrons. The Morgan fingerprint density at radius 1 is 1.25 bits per heavy atom. The van der Waals surface area contributed by atoms with Gasteiger partial charge in [-0.25, -0.2) is 4.98 Å². The van der Waals surface area contributed by atoms with Crippen LogP contribution in [0.15, 0.2) is 46.8 Å². The van der Waals surface area contributed by atoms with Crippen molar-refractivity contribution < 1.29 is 9.72 Å². The first-order valence-corrected chi connectivity index (χ1v) is 9.17. The van der Waals surface area contributed by atoms with Gasteiger partial charge >= 0.3 is 0 Å². The topological polar surface area (TPSA) is 73.1 Å². The number of nitro groups is 1. The van der Waals surface area contributed by atoms with Gasteiger partial charge in [-0.15, -0.1) is 11.3 Å². The number of non-ortho nitro benzene ring substituents is 1. The van der Waals surface area contributed by atoms with Gasteiger partial charge in [-0.05, 0) is 18.1 Å². The molecule has 0 fully saturated rings. The fourth-order valence-corrected chi connectivity index (χ4v) is 4.20. The quantitative estimate of drug-likeness (QED) is 0.275. The van der Waals surface area contributed by atoms with Gasteiger partial charge in [-0.1, -0.05) is 43.0 Å². The molecule has 0 bridgehead atoms. The highest BCUT2D eigenvalue weighted by Crippen LogP contribution is 2.32. The van der Waals surface area contributed by atoms with Gasteiger partial charge in [0.2, 0.25) is 0 Å². The van der Waals surface area contributed by atoms with E-state index in [9.17, 15) is 14.9 Å². The molecule has 0 saturated heterocycles. The molecular weight excluding hydrogens is 344 g/mol. The third-order valence-corrected chi connectivity index (χ3v) is 5.74. The Bertz CT molecular complexity index is 904. The second-order valence-electron chi connectivity index (χ2n) is 5.15. The molecule has 3 aromatic rings. The predicted octanol–water partition coefficient (Wildman–Crippen LogP) is 4.74. The number of nitro benzene ring substituents is 1. The van der Waals surface area contributed by atoms with Gasteiger partial charge in [0, 0.05) is 17.7 Å². The van der Waals surface area contributed by atoms with Gasteiger partial charge in [0.25, 0.3) is 5.69 Å². The molecule has 0 spiro atoms. The number of fused-ring (bicyclic) bond motifs is 1. The molecule has 0 aliphatic rings. The lowest BCUT2D eigenvalue weighted by Gasteiger charge is -2.01. The summed E-state index contributed by atoms with van der Waals surface area (Å²) in [4.78, 5) is 27.0. The zero-order chi connectivity index (χ0) is 17.1. The summed E-state index contributed by atoms with van der Waals surface area (Å²) in [5.41, 5.74) is 2.66. The molecule has 0 saturated carbocycles. The van der Waals surface area contributed by atoms with E-state index in [1.54, 1.807) is 6.07 Å². The minimum absolute atomic E-state index is 0.0490. The van der Waals surface area contributed by atoms with Gasteiger partial charge in [0.15, 0.2) is 10.1 Å². The van der Waals surface area contributed by atoms with Gasteiger partial charge in [-0.2, -0.15) is 0 Å². The number of benzene rings is 2. The van der Waals surface area contributed by atoms with E-state index in [1.165, 1.54) is 40.8 Å². The molecule has 0 amide bonds. The molecule has 5 nitrogen and oxygen atoms in total. The molecule has 0 N–H and O–H groups in total. The fourth-order valence-electron chi connectivity index (χ4n) is 2.20. The highest BCUT2D eigenvalue weighted by atomic mass is 32.2. The van der Waals surface area contributed by atoms with Crippen LogP contribution in [0.3, 0.4) is 0 Å². The molecule has 1 aromatic heterocycles. The van der Waals surface area contributed by atoms with Crippen molar-refractivity contribution in [1.29, 1.82) is 0 Å². The molecule has 0 unspecified atom stereocenters. The van der Waals surface area contributed by atoms with E-state index in [-0.39, 0.29) is 11.5 Å². The molecule has 122 valence electrons. The summed E-state index contributed by atoms with van der Waals surface area (Å²) in [6, 6.07) is 12.2. The predicted molar refractivity (Wildman–Crippen MR) is 97.1 cm³/mol. The van der Waals surface area contributed by atoms with Crippen LogP contribution in [-0.2, 0) is 6.42 Å². The van der Waals surface area contributed by atoms with Crippen molar-refractivity contribution in [1.82, 2.24) is 4.98 Å². The third kappa shape index (κ3) is 3.63. The lowest BCUT2D eigenvalue weighted by atomic mass is 10.1. The molecule has 3 rings (SSSR count). The lowest BCUT2D eigenvalue weighted by molar-refractivity contribution is -0.384. The van der Waals surface area contributed by atoms with E-state index in [1.807, 2.05) is 24.3 Å². The van der Waals surface area contributed by atoms with Gasteiger partial charge < -0.3 is 0 Å². The van der Waals surface area contributed by atoms with Crippen LogP contribution in [0.2, 0.25) is 0 Å². The van der Waals surface area contributed by atoms with Crippen LogP contribution in [0.25, 0.3) is 10.2 Å². The number of aryl methyl sites for hydroxylation is 1. The normalized spacial score (nSPS) is 10.9. The van der Waals surface area contributed by atoms with E-state index >= 15 is 0 Å². The Morgan fingerprint density at radius 2 is 2.00 bits per heavy atom. The van der Waals surface area contributed by atoms with Crippen molar-refractivity contribution in [3.63, 3.8) is 0 Å². The number of thiazole rings is 1. The number of carbonyl (C=O) groups excluding carboxylic acids is 1. The van der Waals surface area contributed by atoms with Crippen LogP contribution >= 0.6 is 23.1 Å². The van der Waals surface area contributed by atoms with E-state index in [0.717, 1.165) is 15.5 Å². The monoisotopic (exact) mass is 358 g/mol. The number of aromatic nitrogens is 1. The van der Waals surface area contributed by atoms with Crippen LogP contribution in [0.5, 0.6) is 0 Å². The Morgan fingerprint density at radius 3 is 2.67 bits per heavy atom. The number of thioether (sulfide) groups is 1. The first kappa shape index (κ1) is 16.6. The van der Waals surface area contributed by atoms with Crippen LogP contribution < -0.4 is 0 Å². The van der Waals surface area contributed by atoms with Crippen LogP contribution in [0.4, 0.5) is 5.69 Å². The van der Waals surface area contributed by atoms with Crippen molar-refractivity contribution in [3.05, 3.63) is 63.7 Å². The highest BCUT2D eigenvalue weighted by molar-refractivity contribution is 8.01. The third-order valence-electron chi connectivity index (χ3n) is 3.57. The number of Topliss-reactive ketones (excluding diaryl/α,β-unsaturated/α-hetero) is 1. The summed E-state index contributed by atoms with van der Waals surface area (Å²) in [7, 11) is 0. The van der Waals surface area contributed by atoms with E-state index in [2.05, 4.69) is 11.9 Å². The van der Waals surface area contributed by atoms with Crippen LogP contribution in [-0.4, -0.2) is 21.4 Å². The lowest BCUT2D eigenvalue weighted by Crippen LogP contribution is -2.02. The first-order chi connectivity index (χ1) is 11.6. The number of ketones is 1. The molecule has 2 aromatic carbocycles. The van der Waals surface area contributed by atoms with Crippen molar-refractivity contribution in [2.45, 2.75) is 17.7 Å². The molecule has 0 atom stereocenters. The van der Waals surface area contributed by atoms with E-state index in [4.69, 9.17) is 0 Å². The van der Waals surface area contributed by atoms with Gasteiger partial charge in [-0.3, -0.25) is 14.9 Å². The number of nitrogens with zero attached hydrogens (tertiary/aromatic N) is 2. The smallest absolute Gasteiger partial charge is 0.270 e. The van der Waals surface area contributed by atoms with Gasteiger partial charge in [0.05, 0.1) is 20.9 Å². The zero-order valence-corrected chi connectivity index (χ0v) is 14.5. The Hall–Kier alpha value is -2.25. The number of rotatable bonds is 6. The maximum absolute atomic E-state index is 12.2. The summed E-state index contributed by atoms with van der Waals surface area (Å²) in [5.74, 6) is 0.348. The zero-order valence-electron chi connectivity index (χ0n) is 12.9. The summed E-state index contributed by atoms with van der Waals surface area (Å²) in [5, 5.41) is 10.8. The molecule has 0 aliphatic heterocycles. The molecular formula is C17H14N2O3S2. The molecule has 7 heteroatoms. The Kier molecular flexibility index (Phi) is 4.92. The maximum atomic E-state index is 12.2. The fraction of sp³-hybridized carbons (Fsp3) is 0.176. The van der Waals surface area contributed by atoms with Crippen LogP contribution in [0, 0.1) is 10.1 Å². The number of hydrogen-bond acceptors (Lipinski definition) is 6. The summed E-state index contributed by atoms with van der Waals surface area (Å²) in [6.07, 6.45) is 0.945. The van der Waals surface area contributed by atoms with E-state index in [0.29, 0.717) is 16.8 Å². The molecule has 0 aliphatic carbocycles. The highest BCUT2D eigenvalue weighted by Gasteiger charge is 2.12. The largest absolute Gasteiger partial charge is 0.293 e. The Balaban J connectivity index is 1.70. The van der Waals surface area contributed by atoms with Crippen LogP contribution in [0.1, 0.15) is 22.8 Å². The van der Waals surface area contributed by atoms with Gasteiger partial charge in [0.1, 0.15) is 0 Å². The summed E-state index contributed by atoms with van der Waals surface area (Å²) < 4.78 is 1.50. The average Bonchev–Trinajstić information content (AvgIpc) is 3.01. The molecule has 1 heterocycles. The van der Waals surface area contributed by atoms with Crippen molar-refractivity contribution in [2.75, 3.05) is 5.75 Å². The number of hydrogen-bond donors (Lipinski definition) is 0.